The summed E-state index contributed by atoms with van der Waals surface area (Å²) >= 11 is 0. The lowest BCUT2D eigenvalue weighted by atomic mass is 9.97. The van der Waals surface area contributed by atoms with Crippen LogP contribution in [0.15, 0.2) is 48.5 Å². The Morgan fingerprint density at radius 3 is 1.67 bits per heavy atom. The molecule has 0 amide bonds. The molecular weight excluding hydrogens is 277 g/mol. The zero-order chi connectivity index (χ0) is 15.6. The van der Waals surface area contributed by atoms with Crippen LogP contribution in [-0.2, 0) is 6.18 Å². The van der Waals surface area contributed by atoms with Crippen molar-refractivity contribution in [2.24, 2.45) is 5.92 Å². The quantitative estimate of drug-likeness (QED) is 0.710. The van der Waals surface area contributed by atoms with Crippen LogP contribution >= 0.6 is 0 Å². The summed E-state index contributed by atoms with van der Waals surface area (Å²) in [6, 6.07) is 11.9. The summed E-state index contributed by atoms with van der Waals surface area (Å²) in [6.45, 7) is 3.65. The van der Waals surface area contributed by atoms with Gasteiger partial charge in [-0.05, 0) is 23.3 Å². The van der Waals surface area contributed by atoms with E-state index in [0.717, 1.165) is 17.7 Å². The first-order valence-electron chi connectivity index (χ1n) is 6.61. The highest BCUT2D eigenvalue weighted by molar-refractivity contribution is 5.97. The predicted octanol–water partition coefficient (Wildman–Crippen LogP) is 5.21. The standard InChI is InChI=1S/C17H15F3O/c1-11(2)16(21)14-5-3-12(4-6-14)13-7-9-15(10-8-13)17(18,19)20/h3-11H,1-2H3. The molecule has 0 aliphatic rings. The Morgan fingerprint density at radius 1 is 0.857 bits per heavy atom. The molecule has 0 atom stereocenters. The third-order valence-corrected chi connectivity index (χ3v) is 3.24. The van der Waals surface area contributed by atoms with Crippen LogP contribution in [0, 0.1) is 5.92 Å². The minimum Gasteiger partial charge on any atom is -0.294 e. The van der Waals surface area contributed by atoms with Crippen molar-refractivity contribution in [2.45, 2.75) is 20.0 Å². The second kappa shape index (κ2) is 5.72. The van der Waals surface area contributed by atoms with E-state index in [1.807, 2.05) is 13.8 Å². The van der Waals surface area contributed by atoms with Gasteiger partial charge in [-0.3, -0.25) is 4.79 Å². The number of benzene rings is 2. The van der Waals surface area contributed by atoms with Crippen molar-refractivity contribution in [3.05, 3.63) is 59.7 Å². The van der Waals surface area contributed by atoms with Gasteiger partial charge in [-0.15, -0.1) is 0 Å². The number of ketones is 1. The predicted molar refractivity (Wildman–Crippen MR) is 76.0 cm³/mol. The largest absolute Gasteiger partial charge is 0.416 e. The number of rotatable bonds is 3. The van der Waals surface area contributed by atoms with Crippen LogP contribution in [0.5, 0.6) is 0 Å². The molecule has 1 nitrogen and oxygen atoms in total. The van der Waals surface area contributed by atoms with Gasteiger partial charge in [0.1, 0.15) is 0 Å². The summed E-state index contributed by atoms with van der Waals surface area (Å²) in [5.74, 6) is -0.0316. The molecule has 0 heterocycles. The van der Waals surface area contributed by atoms with Crippen molar-refractivity contribution in [3.63, 3.8) is 0 Å². The average Bonchev–Trinajstić information content (AvgIpc) is 2.46. The monoisotopic (exact) mass is 292 g/mol. The number of carbonyl (C=O) groups excluding carboxylic acids is 1. The van der Waals surface area contributed by atoms with E-state index in [2.05, 4.69) is 0 Å². The van der Waals surface area contributed by atoms with Gasteiger partial charge in [0, 0.05) is 11.5 Å². The van der Waals surface area contributed by atoms with E-state index in [9.17, 15) is 18.0 Å². The van der Waals surface area contributed by atoms with Gasteiger partial charge in [0.2, 0.25) is 0 Å². The van der Waals surface area contributed by atoms with Crippen molar-refractivity contribution < 1.29 is 18.0 Å². The molecule has 0 aliphatic heterocycles. The van der Waals surface area contributed by atoms with E-state index in [1.165, 1.54) is 12.1 Å². The molecule has 0 fully saturated rings. The number of alkyl halides is 3. The highest BCUT2D eigenvalue weighted by atomic mass is 19.4. The Labute approximate surface area is 121 Å². The first kappa shape index (κ1) is 15.3. The molecule has 2 aromatic carbocycles. The van der Waals surface area contributed by atoms with Gasteiger partial charge < -0.3 is 0 Å². The molecule has 0 aromatic heterocycles. The zero-order valence-corrected chi connectivity index (χ0v) is 11.7. The van der Waals surface area contributed by atoms with Crippen LogP contribution in [0.4, 0.5) is 13.2 Å². The molecule has 0 bridgehead atoms. The highest BCUT2D eigenvalue weighted by Crippen LogP contribution is 2.31. The first-order valence-corrected chi connectivity index (χ1v) is 6.61. The molecular formula is C17H15F3O. The number of hydrogen-bond donors (Lipinski definition) is 0. The minimum atomic E-state index is -4.33. The Hall–Kier alpha value is -2.10. The van der Waals surface area contributed by atoms with Crippen LogP contribution in [-0.4, -0.2) is 5.78 Å². The number of halogens is 3. The fourth-order valence-electron chi connectivity index (χ4n) is 2.01. The molecule has 0 saturated carbocycles. The van der Waals surface area contributed by atoms with Crippen LogP contribution in [0.2, 0.25) is 0 Å². The third kappa shape index (κ3) is 3.51. The average molecular weight is 292 g/mol. The van der Waals surface area contributed by atoms with E-state index >= 15 is 0 Å². The van der Waals surface area contributed by atoms with Crippen molar-refractivity contribution in [1.82, 2.24) is 0 Å². The van der Waals surface area contributed by atoms with E-state index in [1.54, 1.807) is 24.3 Å². The molecule has 0 saturated heterocycles. The molecule has 21 heavy (non-hydrogen) atoms. The van der Waals surface area contributed by atoms with E-state index in [-0.39, 0.29) is 11.7 Å². The Morgan fingerprint density at radius 2 is 1.29 bits per heavy atom. The molecule has 4 heteroatoms. The Kier molecular flexibility index (Phi) is 4.16. The second-order valence-corrected chi connectivity index (χ2v) is 5.17. The topological polar surface area (TPSA) is 17.1 Å². The zero-order valence-electron chi connectivity index (χ0n) is 11.7. The highest BCUT2D eigenvalue weighted by Gasteiger charge is 2.29. The maximum atomic E-state index is 12.5. The molecule has 0 aliphatic carbocycles. The minimum absolute atomic E-state index is 0.0500. The van der Waals surface area contributed by atoms with E-state index < -0.39 is 11.7 Å². The number of Topliss-reactive ketones (excluding diaryl/α,β-unsaturated/α-hetero) is 1. The summed E-state index contributed by atoms with van der Waals surface area (Å²) < 4.78 is 37.5. The van der Waals surface area contributed by atoms with Crippen molar-refractivity contribution in [1.29, 1.82) is 0 Å². The van der Waals surface area contributed by atoms with Gasteiger partial charge in [-0.25, -0.2) is 0 Å². The fourth-order valence-corrected chi connectivity index (χ4v) is 2.01. The normalized spacial score (nSPS) is 11.7. The molecule has 0 spiro atoms. The smallest absolute Gasteiger partial charge is 0.294 e. The summed E-state index contributed by atoms with van der Waals surface area (Å²) in [5, 5.41) is 0. The summed E-state index contributed by atoms with van der Waals surface area (Å²) in [5.41, 5.74) is 1.41. The van der Waals surface area contributed by atoms with Gasteiger partial charge in [-0.2, -0.15) is 13.2 Å². The third-order valence-electron chi connectivity index (χ3n) is 3.24. The van der Waals surface area contributed by atoms with Crippen LogP contribution in [0.25, 0.3) is 11.1 Å². The van der Waals surface area contributed by atoms with Crippen LogP contribution < -0.4 is 0 Å². The first-order chi connectivity index (χ1) is 9.79. The number of hydrogen-bond acceptors (Lipinski definition) is 1. The lowest BCUT2D eigenvalue weighted by molar-refractivity contribution is -0.137. The van der Waals surface area contributed by atoms with Crippen molar-refractivity contribution >= 4 is 5.78 Å². The van der Waals surface area contributed by atoms with Crippen LogP contribution in [0.1, 0.15) is 29.8 Å². The molecule has 0 N–H and O–H groups in total. The number of carbonyl (C=O) groups is 1. The van der Waals surface area contributed by atoms with Crippen LogP contribution in [0.3, 0.4) is 0 Å². The summed E-state index contributed by atoms with van der Waals surface area (Å²) in [4.78, 5) is 11.8. The molecule has 2 rings (SSSR count). The maximum Gasteiger partial charge on any atom is 0.416 e. The van der Waals surface area contributed by atoms with Gasteiger partial charge >= 0.3 is 6.18 Å². The maximum absolute atomic E-state index is 12.5. The second-order valence-electron chi connectivity index (χ2n) is 5.17. The van der Waals surface area contributed by atoms with Gasteiger partial charge in [0.25, 0.3) is 0 Å². The summed E-state index contributed by atoms with van der Waals surface area (Å²) in [6.07, 6.45) is -4.33. The fraction of sp³-hybridized carbons (Fsp3) is 0.235. The van der Waals surface area contributed by atoms with Gasteiger partial charge in [0.15, 0.2) is 5.78 Å². The Balaban J connectivity index is 2.25. The summed E-state index contributed by atoms with van der Waals surface area (Å²) in [7, 11) is 0. The molecule has 2 aromatic rings. The van der Waals surface area contributed by atoms with Gasteiger partial charge in [-0.1, -0.05) is 50.2 Å². The van der Waals surface area contributed by atoms with E-state index in [0.29, 0.717) is 11.1 Å². The molecule has 110 valence electrons. The SMILES string of the molecule is CC(C)C(=O)c1ccc(-c2ccc(C(F)(F)F)cc2)cc1. The lowest BCUT2D eigenvalue weighted by Crippen LogP contribution is -2.06. The van der Waals surface area contributed by atoms with Gasteiger partial charge in [0.05, 0.1) is 5.56 Å². The molecule has 0 unspecified atom stereocenters. The molecule has 0 radical (unpaired) electrons. The van der Waals surface area contributed by atoms with E-state index in [4.69, 9.17) is 0 Å². The Bertz CT molecular complexity index is 623. The lowest BCUT2D eigenvalue weighted by Gasteiger charge is -2.09. The van der Waals surface area contributed by atoms with Crippen molar-refractivity contribution in [3.8, 4) is 11.1 Å². The van der Waals surface area contributed by atoms with Crippen molar-refractivity contribution in [2.75, 3.05) is 0 Å².